The lowest BCUT2D eigenvalue weighted by Crippen LogP contribution is -1.97. The van der Waals surface area contributed by atoms with Gasteiger partial charge < -0.3 is 15.2 Å². The first kappa shape index (κ1) is 13.2. The summed E-state index contributed by atoms with van der Waals surface area (Å²) in [4.78, 5) is 10.9. The summed E-state index contributed by atoms with van der Waals surface area (Å²) >= 11 is 0. The van der Waals surface area contributed by atoms with Crippen molar-refractivity contribution in [3.8, 4) is 11.3 Å². The number of hydrogen-bond acceptors (Lipinski definition) is 2. The number of carbonyl (C=O) groups is 1. The van der Waals surface area contributed by atoms with Crippen molar-refractivity contribution in [3.05, 3.63) is 59.3 Å². The number of pyridine rings is 1. The van der Waals surface area contributed by atoms with Crippen LogP contribution in [0.15, 0.2) is 42.5 Å². The van der Waals surface area contributed by atoms with Gasteiger partial charge in [0.25, 0.3) is 0 Å². The maximum atomic E-state index is 10.9. The van der Waals surface area contributed by atoms with Crippen molar-refractivity contribution >= 4 is 17.2 Å². The molecule has 0 amide bonds. The Morgan fingerprint density at radius 2 is 1.76 bits per heavy atom. The Morgan fingerprint density at radius 3 is 2.38 bits per heavy atom. The zero-order valence-corrected chi connectivity index (χ0v) is 11.9. The van der Waals surface area contributed by atoms with E-state index >= 15 is 0 Å². The highest BCUT2D eigenvalue weighted by Crippen LogP contribution is 2.30. The minimum Gasteiger partial charge on any atom is -0.478 e. The molecular weight excluding hydrogens is 264 g/mol. The second-order valence-corrected chi connectivity index (χ2v) is 5.26. The number of carboxylic acid groups (broad SMARTS) is 1. The molecule has 21 heavy (non-hydrogen) atoms. The number of aryl methyl sites for hydroxylation is 2. The summed E-state index contributed by atoms with van der Waals surface area (Å²) < 4.78 is 2.10. The fourth-order valence-electron chi connectivity index (χ4n) is 2.72. The van der Waals surface area contributed by atoms with E-state index in [-0.39, 0.29) is 5.56 Å². The number of benzene rings is 1. The summed E-state index contributed by atoms with van der Waals surface area (Å²) in [6.07, 6.45) is 0. The van der Waals surface area contributed by atoms with Crippen LogP contribution < -0.4 is 5.73 Å². The van der Waals surface area contributed by atoms with E-state index in [0.717, 1.165) is 33.7 Å². The van der Waals surface area contributed by atoms with Gasteiger partial charge in [-0.2, -0.15) is 0 Å². The van der Waals surface area contributed by atoms with E-state index in [2.05, 4.69) is 16.5 Å². The van der Waals surface area contributed by atoms with Crippen molar-refractivity contribution in [1.82, 2.24) is 4.40 Å². The Kier molecular flexibility index (Phi) is 2.94. The lowest BCUT2D eigenvalue weighted by Gasteiger charge is -2.08. The van der Waals surface area contributed by atoms with Crippen LogP contribution in [0.3, 0.4) is 0 Å². The summed E-state index contributed by atoms with van der Waals surface area (Å²) in [6.45, 7) is 4.08. The second-order valence-electron chi connectivity index (χ2n) is 5.26. The number of anilines is 1. The summed E-state index contributed by atoms with van der Waals surface area (Å²) in [6, 6.07) is 12.9. The van der Waals surface area contributed by atoms with Crippen molar-refractivity contribution in [3.63, 3.8) is 0 Å². The molecular formula is C17H16N2O2. The molecule has 0 unspecified atom stereocenters. The number of nitrogen functional groups attached to an aromatic ring is 1. The summed E-state index contributed by atoms with van der Waals surface area (Å²) in [7, 11) is 0. The van der Waals surface area contributed by atoms with Crippen LogP contribution in [0.5, 0.6) is 0 Å². The van der Waals surface area contributed by atoms with Crippen LogP contribution in [0.1, 0.15) is 21.6 Å². The zero-order chi connectivity index (χ0) is 15.1. The number of rotatable bonds is 2. The molecule has 0 fully saturated rings. The van der Waals surface area contributed by atoms with Crippen LogP contribution in [-0.4, -0.2) is 15.5 Å². The lowest BCUT2D eigenvalue weighted by molar-refractivity contribution is 0.0697. The van der Waals surface area contributed by atoms with Crippen LogP contribution in [0.2, 0.25) is 0 Å². The van der Waals surface area contributed by atoms with Gasteiger partial charge in [-0.05, 0) is 55.3 Å². The van der Waals surface area contributed by atoms with E-state index in [9.17, 15) is 4.79 Å². The number of carboxylic acids is 1. The van der Waals surface area contributed by atoms with Gasteiger partial charge in [-0.25, -0.2) is 4.79 Å². The maximum Gasteiger partial charge on any atom is 0.335 e. The van der Waals surface area contributed by atoms with Crippen molar-refractivity contribution in [2.45, 2.75) is 13.8 Å². The molecule has 4 nitrogen and oxygen atoms in total. The lowest BCUT2D eigenvalue weighted by atomic mass is 10.1. The van der Waals surface area contributed by atoms with Crippen LogP contribution in [0.4, 0.5) is 5.69 Å². The molecule has 1 aromatic carbocycles. The molecule has 0 aliphatic rings. The standard InChI is InChI=1S/C17H16N2O2/c1-10-7-11(2)19-15(9-14(18)16(19)8-10)12-3-5-13(6-4-12)17(20)21/h3-9H,18H2,1-2H3,(H,20,21). The van der Waals surface area contributed by atoms with Crippen molar-refractivity contribution in [2.75, 3.05) is 5.73 Å². The van der Waals surface area contributed by atoms with Gasteiger partial charge in [-0.1, -0.05) is 12.1 Å². The quantitative estimate of drug-likeness (QED) is 0.755. The number of fused-ring (bicyclic) bond motifs is 1. The Bertz CT molecular complexity index is 845. The summed E-state index contributed by atoms with van der Waals surface area (Å²) in [5.74, 6) is -0.923. The Hall–Kier alpha value is -2.75. The third-order valence-electron chi connectivity index (χ3n) is 3.65. The Morgan fingerprint density at radius 1 is 1.10 bits per heavy atom. The Labute approximate surface area is 122 Å². The third kappa shape index (κ3) is 2.14. The average Bonchev–Trinajstić information content (AvgIpc) is 2.76. The van der Waals surface area contributed by atoms with E-state index in [1.807, 2.05) is 32.0 Å². The molecule has 2 heterocycles. The van der Waals surface area contributed by atoms with Gasteiger partial charge in [0.15, 0.2) is 0 Å². The molecule has 0 saturated heterocycles. The van der Waals surface area contributed by atoms with Crippen LogP contribution in [0, 0.1) is 13.8 Å². The molecule has 0 saturated carbocycles. The summed E-state index contributed by atoms with van der Waals surface area (Å²) in [5.41, 5.74) is 12.3. The van der Waals surface area contributed by atoms with E-state index in [0.29, 0.717) is 0 Å². The minimum absolute atomic E-state index is 0.278. The summed E-state index contributed by atoms with van der Waals surface area (Å²) in [5, 5.41) is 8.97. The number of aromatic nitrogens is 1. The van der Waals surface area contributed by atoms with Crippen LogP contribution in [-0.2, 0) is 0 Å². The van der Waals surface area contributed by atoms with Gasteiger partial charge in [-0.3, -0.25) is 0 Å². The predicted molar refractivity (Wildman–Crippen MR) is 83.7 cm³/mol. The van der Waals surface area contributed by atoms with Crippen molar-refractivity contribution in [1.29, 1.82) is 0 Å². The molecule has 4 heteroatoms. The first-order valence-electron chi connectivity index (χ1n) is 6.69. The van der Waals surface area contributed by atoms with Crippen molar-refractivity contribution in [2.24, 2.45) is 0 Å². The van der Waals surface area contributed by atoms with E-state index in [1.165, 1.54) is 0 Å². The average molecular weight is 280 g/mol. The molecule has 3 N–H and O–H groups in total. The topological polar surface area (TPSA) is 67.7 Å². The fraction of sp³-hybridized carbons (Fsp3) is 0.118. The minimum atomic E-state index is -0.923. The molecule has 2 aromatic heterocycles. The van der Waals surface area contributed by atoms with Crippen molar-refractivity contribution < 1.29 is 9.90 Å². The Balaban J connectivity index is 2.23. The molecule has 0 aliphatic carbocycles. The first-order valence-corrected chi connectivity index (χ1v) is 6.69. The van der Waals surface area contributed by atoms with Gasteiger partial charge >= 0.3 is 5.97 Å². The monoisotopic (exact) mass is 280 g/mol. The highest BCUT2D eigenvalue weighted by atomic mass is 16.4. The van der Waals surface area contributed by atoms with Crippen LogP contribution >= 0.6 is 0 Å². The molecule has 106 valence electrons. The molecule has 0 aliphatic heterocycles. The number of nitrogens with zero attached hydrogens (tertiary/aromatic N) is 1. The van der Waals surface area contributed by atoms with Gasteiger partial charge in [-0.15, -0.1) is 0 Å². The molecule has 0 radical (unpaired) electrons. The predicted octanol–water partition coefficient (Wildman–Crippen LogP) is 3.50. The highest BCUT2D eigenvalue weighted by Gasteiger charge is 2.12. The fourth-order valence-corrected chi connectivity index (χ4v) is 2.72. The first-order chi connectivity index (χ1) is 9.97. The highest BCUT2D eigenvalue weighted by molar-refractivity contribution is 5.88. The molecule has 0 bridgehead atoms. The smallest absolute Gasteiger partial charge is 0.335 e. The van der Waals surface area contributed by atoms with E-state index in [1.54, 1.807) is 12.1 Å². The normalized spacial score (nSPS) is 11.0. The largest absolute Gasteiger partial charge is 0.478 e. The van der Waals surface area contributed by atoms with Crippen LogP contribution in [0.25, 0.3) is 16.8 Å². The molecule has 3 rings (SSSR count). The molecule has 3 aromatic rings. The van der Waals surface area contributed by atoms with Gasteiger partial charge in [0, 0.05) is 5.69 Å². The molecule has 0 spiro atoms. The number of aromatic carboxylic acids is 1. The maximum absolute atomic E-state index is 10.9. The van der Waals surface area contributed by atoms with Gasteiger partial charge in [0.05, 0.1) is 22.5 Å². The van der Waals surface area contributed by atoms with E-state index in [4.69, 9.17) is 10.8 Å². The number of hydrogen-bond donors (Lipinski definition) is 2. The SMILES string of the molecule is Cc1cc(C)n2c(-c3ccc(C(=O)O)cc3)cc(N)c2c1. The van der Waals surface area contributed by atoms with E-state index < -0.39 is 5.97 Å². The van der Waals surface area contributed by atoms with Gasteiger partial charge in [0.1, 0.15) is 0 Å². The number of nitrogens with two attached hydrogens (primary N) is 1. The zero-order valence-electron chi connectivity index (χ0n) is 11.9. The third-order valence-corrected chi connectivity index (χ3v) is 3.65. The van der Waals surface area contributed by atoms with Gasteiger partial charge in [0.2, 0.25) is 0 Å². The second kappa shape index (κ2) is 4.66. The molecule has 0 atom stereocenters.